The van der Waals surface area contributed by atoms with Crippen LogP contribution in [0, 0.1) is 6.92 Å². The summed E-state index contributed by atoms with van der Waals surface area (Å²) in [5.74, 6) is -1.03. The molecule has 29 heavy (non-hydrogen) atoms. The number of carbonyl (C=O) groups is 2. The number of benzene rings is 2. The summed E-state index contributed by atoms with van der Waals surface area (Å²) in [6, 6.07) is 5.65. The first-order chi connectivity index (χ1) is 13.6. The van der Waals surface area contributed by atoms with Gasteiger partial charge in [-0.15, -0.1) is 0 Å². The summed E-state index contributed by atoms with van der Waals surface area (Å²) in [6.45, 7) is 2.28. The molecule has 156 valence electrons. The average Bonchev–Trinajstić information content (AvgIpc) is 2.70. The molecule has 0 bridgehead atoms. The quantitative estimate of drug-likeness (QED) is 0.489. The van der Waals surface area contributed by atoms with E-state index in [1.54, 1.807) is 0 Å². The molecule has 10 heteroatoms. The maximum absolute atomic E-state index is 13.5. The monoisotopic (exact) mass is 485 g/mol. The fourth-order valence-corrected chi connectivity index (χ4v) is 4.89. The first kappa shape index (κ1) is 22.7. The lowest BCUT2D eigenvalue weighted by Gasteiger charge is -2.20. The lowest BCUT2D eigenvalue weighted by Crippen LogP contribution is -2.19. The van der Waals surface area contributed by atoms with Gasteiger partial charge in [0.15, 0.2) is 0 Å². The molecular formula is C19H20BrNO7S. The summed E-state index contributed by atoms with van der Waals surface area (Å²) in [5.41, 5.74) is 6.25. The fourth-order valence-electron chi connectivity index (χ4n) is 2.72. The van der Waals surface area contributed by atoms with Crippen molar-refractivity contribution in [1.82, 2.24) is 0 Å². The van der Waals surface area contributed by atoms with E-state index in [0.717, 1.165) is 7.11 Å². The number of halogens is 1. The van der Waals surface area contributed by atoms with Crippen LogP contribution in [0.1, 0.15) is 28.4 Å². The Morgan fingerprint density at radius 3 is 2.21 bits per heavy atom. The molecule has 0 amide bonds. The molecule has 0 saturated heterocycles. The van der Waals surface area contributed by atoms with Crippen molar-refractivity contribution in [3.63, 3.8) is 0 Å². The van der Waals surface area contributed by atoms with E-state index in [2.05, 4.69) is 15.9 Å². The Morgan fingerprint density at radius 2 is 1.72 bits per heavy atom. The van der Waals surface area contributed by atoms with E-state index in [0.29, 0.717) is 10.2 Å². The molecule has 0 aliphatic rings. The first-order valence-corrected chi connectivity index (χ1v) is 10.5. The minimum absolute atomic E-state index is 0.0195. The van der Waals surface area contributed by atoms with Crippen LogP contribution in [0.5, 0.6) is 5.75 Å². The smallest absolute Gasteiger partial charge is 0.339 e. The fraction of sp³-hybridized carbons (Fsp3) is 0.263. The Balaban J connectivity index is 2.90. The van der Waals surface area contributed by atoms with Crippen LogP contribution in [-0.4, -0.2) is 34.6 Å². The van der Waals surface area contributed by atoms with E-state index in [-0.39, 0.29) is 32.2 Å². The molecule has 0 spiro atoms. The number of ether oxygens (including phenoxy) is 3. The third-order valence-corrected chi connectivity index (χ3v) is 7.12. The second kappa shape index (κ2) is 8.83. The molecule has 8 nitrogen and oxygen atoms in total. The number of carbonyl (C=O) groups excluding carboxylic acids is 2. The molecule has 0 aliphatic heterocycles. The van der Waals surface area contributed by atoms with Crippen LogP contribution >= 0.6 is 15.9 Å². The topological polar surface area (TPSA) is 122 Å². The summed E-state index contributed by atoms with van der Waals surface area (Å²) < 4.78 is 42.2. The van der Waals surface area contributed by atoms with Gasteiger partial charge in [0, 0.05) is 17.0 Å². The number of anilines is 1. The Kier molecular flexibility index (Phi) is 6.91. The van der Waals surface area contributed by atoms with E-state index < -0.39 is 28.4 Å². The van der Waals surface area contributed by atoms with Crippen LogP contribution in [-0.2, 0) is 30.7 Å². The summed E-state index contributed by atoms with van der Waals surface area (Å²) in [6.07, 6.45) is 0. The van der Waals surface area contributed by atoms with Crippen LogP contribution < -0.4 is 10.5 Å². The number of hydrogen-bond donors (Lipinski definition) is 1. The van der Waals surface area contributed by atoms with E-state index in [9.17, 15) is 18.0 Å². The standard InChI is InChI=1S/C19H20BrNO7S/c1-10-15(19(23)27-4)18(14(9-28-11(2)22)17(21)16(10)20)29(24,25)13-7-5-12(26-3)6-8-13/h5-8H,9,21H2,1-4H3. The highest BCUT2D eigenvalue weighted by Gasteiger charge is 2.33. The first-order valence-electron chi connectivity index (χ1n) is 8.27. The largest absolute Gasteiger partial charge is 0.497 e. The zero-order valence-electron chi connectivity index (χ0n) is 16.2. The highest BCUT2D eigenvalue weighted by Crippen LogP contribution is 2.40. The molecule has 0 aromatic heterocycles. The maximum atomic E-state index is 13.5. The van der Waals surface area contributed by atoms with Crippen molar-refractivity contribution in [2.24, 2.45) is 0 Å². The van der Waals surface area contributed by atoms with Crippen LogP contribution in [0.25, 0.3) is 0 Å². The zero-order chi connectivity index (χ0) is 21.9. The molecule has 2 aromatic carbocycles. The van der Waals surface area contributed by atoms with Crippen molar-refractivity contribution >= 4 is 43.4 Å². The van der Waals surface area contributed by atoms with Gasteiger partial charge >= 0.3 is 11.9 Å². The molecular weight excluding hydrogens is 466 g/mol. The van der Waals surface area contributed by atoms with E-state index in [4.69, 9.17) is 19.9 Å². The van der Waals surface area contributed by atoms with Crippen LogP contribution in [0.15, 0.2) is 38.5 Å². The summed E-state index contributed by atoms with van der Waals surface area (Å²) in [7, 11) is -1.64. The third-order valence-electron chi connectivity index (χ3n) is 4.21. The second-order valence-electron chi connectivity index (χ2n) is 5.99. The second-order valence-corrected chi connectivity index (χ2v) is 8.67. The maximum Gasteiger partial charge on any atom is 0.339 e. The summed E-state index contributed by atoms with van der Waals surface area (Å²) >= 11 is 3.28. The van der Waals surface area contributed by atoms with Crippen molar-refractivity contribution in [3.8, 4) is 5.75 Å². The average molecular weight is 486 g/mol. The lowest BCUT2D eigenvalue weighted by atomic mass is 10.0. The molecule has 0 heterocycles. The number of rotatable bonds is 6. The van der Waals surface area contributed by atoms with Gasteiger partial charge < -0.3 is 19.9 Å². The van der Waals surface area contributed by atoms with Crippen LogP contribution in [0.4, 0.5) is 5.69 Å². The number of nitrogens with two attached hydrogens (primary N) is 1. The highest BCUT2D eigenvalue weighted by molar-refractivity contribution is 9.10. The molecule has 2 rings (SSSR count). The number of hydrogen-bond acceptors (Lipinski definition) is 8. The Morgan fingerprint density at radius 1 is 1.14 bits per heavy atom. The molecule has 2 aromatic rings. The van der Waals surface area contributed by atoms with Gasteiger partial charge in [-0.05, 0) is 52.7 Å². The molecule has 2 N–H and O–H groups in total. The van der Waals surface area contributed by atoms with Gasteiger partial charge in [-0.2, -0.15) is 0 Å². The minimum atomic E-state index is -4.24. The molecule has 0 radical (unpaired) electrons. The van der Waals surface area contributed by atoms with Gasteiger partial charge in [0.2, 0.25) is 9.84 Å². The predicted molar refractivity (Wildman–Crippen MR) is 109 cm³/mol. The van der Waals surface area contributed by atoms with Crippen molar-refractivity contribution in [2.75, 3.05) is 20.0 Å². The Labute approximate surface area is 177 Å². The van der Waals surface area contributed by atoms with Gasteiger partial charge in [-0.1, -0.05) is 0 Å². The van der Waals surface area contributed by atoms with Crippen molar-refractivity contribution in [3.05, 3.63) is 45.4 Å². The molecule has 0 aliphatic carbocycles. The van der Waals surface area contributed by atoms with Gasteiger partial charge in [0.1, 0.15) is 12.4 Å². The highest BCUT2D eigenvalue weighted by atomic mass is 79.9. The van der Waals surface area contributed by atoms with Gasteiger partial charge in [-0.25, -0.2) is 13.2 Å². The Hall–Kier alpha value is -2.59. The number of esters is 2. The Bertz CT molecular complexity index is 1060. The predicted octanol–water partition coefficient (Wildman–Crippen LogP) is 3.03. The van der Waals surface area contributed by atoms with E-state index in [1.807, 2.05) is 0 Å². The molecule has 0 fully saturated rings. The van der Waals surface area contributed by atoms with Crippen molar-refractivity contribution in [2.45, 2.75) is 30.2 Å². The van der Waals surface area contributed by atoms with Gasteiger partial charge in [-0.3, -0.25) is 4.79 Å². The van der Waals surface area contributed by atoms with Crippen molar-refractivity contribution in [1.29, 1.82) is 0 Å². The minimum Gasteiger partial charge on any atom is -0.497 e. The van der Waals surface area contributed by atoms with Crippen molar-refractivity contribution < 1.29 is 32.2 Å². The van der Waals surface area contributed by atoms with Gasteiger partial charge in [0.25, 0.3) is 0 Å². The molecule has 0 unspecified atom stereocenters. The molecule has 0 atom stereocenters. The summed E-state index contributed by atoms with van der Waals surface area (Å²) in [5, 5.41) is 0. The lowest BCUT2D eigenvalue weighted by molar-refractivity contribution is -0.142. The summed E-state index contributed by atoms with van der Waals surface area (Å²) in [4.78, 5) is 23.4. The van der Waals surface area contributed by atoms with E-state index >= 15 is 0 Å². The van der Waals surface area contributed by atoms with Crippen LogP contribution in [0.2, 0.25) is 0 Å². The third kappa shape index (κ3) is 4.38. The number of nitrogen functional groups attached to an aromatic ring is 1. The number of sulfone groups is 1. The number of methoxy groups -OCH3 is 2. The normalized spacial score (nSPS) is 11.1. The van der Waals surface area contributed by atoms with Gasteiger partial charge in [0.05, 0.1) is 35.3 Å². The van der Waals surface area contributed by atoms with E-state index in [1.165, 1.54) is 45.2 Å². The molecule has 0 saturated carbocycles. The zero-order valence-corrected chi connectivity index (χ0v) is 18.6. The SMILES string of the molecule is COC(=O)c1c(C)c(Br)c(N)c(COC(C)=O)c1S(=O)(=O)c1ccc(OC)cc1. The van der Waals surface area contributed by atoms with Crippen LogP contribution in [0.3, 0.4) is 0 Å².